The minimum atomic E-state index is -0.164. The van der Waals surface area contributed by atoms with Crippen molar-refractivity contribution in [1.82, 2.24) is 9.88 Å². The molecule has 0 radical (unpaired) electrons. The summed E-state index contributed by atoms with van der Waals surface area (Å²) in [6, 6.07) is 12.4. The molecule has 10 heteroatoms. The molecule has 0 saturated carbocycles. The summed E-state index contributed by atoms with van der Waals surface area (Å²) < 4.78 is 16.6. The number of nitriles is 1. The van der Waals surface area contributed by atoms with Crippen molar-refractivity contribution in [2.75, 3.05) is 44.0 Å². The molecule has 10 nitrogen and oxygen atoms in total. The number of hydrogen-bond donors (Lipinski definition) is 1. The standard InChI is InChI=1S/C24H25N5O5/c1-28(2)21(30)15-33-18-7-5-17(6-8-18)26-22(31)16-9-11-29(12-10-16)24-19(14-25)27-23(34-24)20-4-3-13-32-20/h3-8,13,16H,9-12,15H2,1-2H3,(H,26,31). The molecule has 2 aromatic heterocycles. The van der Waals surface area contributed by atoms with Crippen LogP contribution in [-0.2, 0) is 9.59 Å². The number of likely N-dealkylation sites (N-methyl/N-ethyl adjacent to an activating group) is 1. The Labute approximate surface area is 196 Å². The normalized spacial score (nSPS) is 13.9. The van der Waals surface area contributed by atoms with E-state index in [1.807, 2.05) is 4.90 Å². The summed E-state index contributed by atoms with van der Waals surface area (Å²) in [5.41, 5.74) is 0.854. The first-order valence-corrected chi connectivity index (χ1v) is 10.9. The van der Waals surface area contributed by atoms with Crippen LogP contribution >= 0.6 is 0 Å². The zero-order valence-corrected chi connectivity index (χ0v) is 19.0. The van der Waals surface area contributed by atoms with E-state index in [0.29, 0.717) is 49.0 Å². The number of piperidine rings is 1. The van der Waals surface area contributed by atoms with Crippen molar-refractivity contribution in [3.8, 4) is 23.5 Å². The molecule has 1 aliphatic rings. The van der Waals surface area contributed by atoms with E-state index < -0.39 is 0 Å². The van der Waals surface area contributed by atoms with Crippen molar-refractivity contribution >= 4 is 23.4 Å². The van der Waals surface area contributed by atoms with Crippen molar-refractivity contribution in [1.29, 1.82) is 5.26 Å². The van der Waals surface area contributed by atoms with Crippen LogP contribution in [0.5, 0.6) is 5.75 Å². The van der Waals surface area contributed by atoms with Gasteiger partial charge in [0.1, 0.15) is 11.8 Å². The smallest absolute Gasteiger partial charge is 0.266 e. The van der Waals surface area contributed by atoms with E-state index in [4.69, 9.17) is 13.6 Å². The summed E-state index contributed by atoms with van der Waals surface area (Å²) in [5, 5.41) is 12.4. The third kappa shape index (κ3) is 5.20. The molecule has 0 bridgehead atoms. The van der Waals surface area contributed by atoms with Gasteiger partial charge in [0, 0.05) is 38.8 Å². The fourth-order valence-electron chi connectivity index (χ4n) is 3.60. The molecule has 1 N–H and O–H groups in total. The molecule has 1 aliphatic heterocycles. The fraction of sp³-hybridized carbons (Fsp3) is 0.333. The van der Waals surface area contributed by atoms with Gasteiger partial charge < -0.3 is 28.7 Å². The van der Waals surface area contributed by atoms with Crippen molar-refractivity contribution in [3.05, 3.63) is 48.4 Å². The molecule has 1 saturated heterocycles. The summed E-state index contributed by atoms with van der Waals surface area (Å²) in [4.78, 5) is 32.0. The number of anilines is 2. The van der Waals surface area contributed by atoms with Crippen LogP contribution < -0.4 is 15.0 Å². The number of nitrogens with one attached hydrogen (secondary N) is 1. The second-order valence-corrected chi connectivity index (χ2v) is 8.11. The Morgan fingerprint density at radius 3 is 2.59 bits per heavy atom. The maximum atomic E-state index is 12.8. The number of furan rings is 1. The number of oxazole rings is 1. The van der Waals surface area contributed by atoms with E-state index in [1.165, 1.54) is 11.2 Å². The van der Waals surface area contributed by atoms with Gasteiger partial charge in [-0.1, -0.05) is 0 Å². The fourth-order valence-corrected chi connectivity index (χ4v) is 3.60. The van der Waals surface area contributed by atoms with E-state index >= 15 is 0 Å². The van der Waals surface area contributed by atoms with Crippen LogP contribution in [0.25, 0.3) is 11.7 Å². The van der Waals surface area contributed by atoms with Crippen LogP contribution in [0.4, 0.5) is 11.6 Å². The second kappa shape index (κ2) is 10.1. The van der Waals surface area contributed by atoms with E-state index in [9.17, 15) is 14.9 Å². The van der Waals surface area contributed by atoms with Crippen molar-refractivity contribution in [2.45, 2.75) is 12.8 Å². The van der Waals surface area contributed by atoms with E-state index in [-0.39, 0.29) is 35.9 Å². The van der Waals surface area contributed by atoms with Crippen molar-refractivity contribution in [3.63, 3.8) is 0 Å². The summed E-state index contributed by atoms with van der Waals surface area (Å²) in [5.74, 6) is 1.31. The first kappa shape index (κ1) is 22.9. The molecule has 1 fully saturated rings. The lowest BCUT2D eigenvalue weighted by Crippen LogP contribution is -2.38. The molecule has 0 unspecified atom stereocenters. The van der Waals surface area contributed by atoms with Crippen molar-refractivity contribution in [2.24, 2.45) is 5.92 Å². The molecule has 3 aromatic rings. The largest absolute Gasteiger partial charge is 0.484 e. The predicted molar refractivity (Wildman–Crippen MR) is 123 cm³/mol. The molecule has 0 aliphatic carbocycles. The molecule has 3 heterocycles. The number of hydrogen-bond acceptors (Lipinski definition) is 8. The van der Waals surface area contributed by atoms with E-state index in [2.05, 4.69) is 16.4 Å². The highest BCUT2D eigenvalue weighted by molar-refractivity contribution is 5.92. The van der Waals surface area contributed by atoms with E-state index in [0.717, 1.165) is 0 Å². The minimum absolute atomic E-state index is 0.0427. The number of nitrogens with zero attached hydrogens (tertiary/aromatic N) is 4. The molecule has 2 amide bonds. The van der Waals surface area contributed by atoms with Gasteiger partial charge in [0.2, 0.25) is 17.5 Å². The lowest BCUT2D eigenvalue weighted by atomic mass is 9.96. The van der Waals surface area contributed by atoms with Gasteiger partial charge in [-0.3, -0.25) is 9.59 Å². The molecule has 176 valence electrons. The third-order valence-corrected chi connectivity index (χ3v) is 5.58. The zero-order valence-electron chi connectivity index (χ0n) is 19.0. The van der Waals surface area contributed by atoms with Crippen LogP contribution in [-0.4, -0.2) is 55.5 Å². The van der Waals surface area contributed by atoms with Crippen LogP contribution in [0, 0.1) is 17.2 Å². The summed E-state index contributed by atoms with van der Waals surface area (Å²) in [7, 11) is 3.34. The lowest BCUT2D eigenvalue weighted by Gasteiger charge is -2.30. The van der Waals surface area contributed by atoms with Crippen LogP contribution in [0.1, 0.15) is 18.5 Å². The van der Waals surface area contributed by atoms with E-state index in [1.54, 1.807) is 50.5 Å². The molecule has 0 atom stereocenters. The Bertz CT molecular complexity index is 1170. The molecule has 1 aromatic carbocycles. The molecular weight excluding hydrogens is 438 g/mol. The highest BCUT2D eigenvalue weighted by atomic mass is 16.5. The van der Waals surface area contributed by atoms with Gasteiger partial charge in [0.25, 0.3) is 11.8 Å². The average molecular weight is 463 g/mol. The third-order valence-electron chi connectivity index (χ3n) is 5.58. The monoisotopic (exact) mass is 463 g/mol. The van der Waals surface area contributed by atoms with Crippen LogP contribution in [0.15, 0.2) is 51.5 Å². The first-order valence-electron chi connectivity index (χ1n) is 10.9. The number of aromatic nitrogens is 1. The van der Waals surface area contributed by atoms with Gasteiger partial charge in [-0.2, -0.15) is 10.2 Å². The number of rotatable bonds is 7. The van der Waals surface area contributed by atoms with Crippen LogP contribution in [0.2, 0.25) is 0 Å². The number of carbonyl (C=O) groups excluding carboxylic acids is 2. The highest BCUT2D eigenvalue weighted by Gasteiger charge is 2.29. The second-order valence-electron chi connectivity index (χ2n) is 8.11. The Balaban J connectivity index is 1.30. The van der Waals surface area contributed by atoms with Gasteiger partial charge in [-0.25, -0.2) is 0 Å². The number of amides is 2. The summed E-state index contributed by atoms with van der Waals surface area (Å²) in [6.45, 7) is 1.08. The average Bonchev–Trinajstić information content (AvgIpc) is 3.53. The van der Waals surface area contributed by atoms with Gasteiger partial charge in [0.15, 0.2) is 12.4 Å². The Morgan fingerprint density at radius 1 is 1.24 bits per heavy atom. The summed E-state index contributed by atoms with van der Waals surface area (Å²) in [6.07, 6.45) is 2.74. The highest BCUT2D eigenvalue weighted by Crippen LogP contribution is 2.31. The number of benzene rings is 1. The topological polar surface area (TPSA) is 125 Å². The molecule has 34 heavy (non-hydrogen) atoms. The van der Waals surface area contributed by atoms with Crippen LogP contribution in [0.3, 0.4) is 0 Å². The Kier molecular flexibility index (Phi) is 6.82. The quantitative estimate of drug-likeness (QED) is 0.567. The van der Waals surface area contributed by atoms with Crippen molar-refractivity contribution < 1.29 is 23.2 Å². The first-order chi connectivity index (χ1) is 16.4. The van der Waals surface area contributed by atoms with Gasteiger partial charge in [-0.05, 0) is 49.2 Å². The van der Waals surface area contributed by atoms with Gasteiger partial charge in [0.05, 0.1) is 6.26 Å². The number of ether oxygens (including phenoxy) is 1. The Morgan fingerprint density at radius 2 is 1.97 bits per heavy atom. The summed E-state index contributed by atoms with van der Waals surface area (Å²) >= 11 is 0. The lowest BCUT2D eigenvalue weighted by molar-refractivity contribution is -0.130. The zero-order chi connectivity index (χ0) is 24.1. The number of carbonyl (C=O) groups is 2. The van der Waals surface area contributed by atoms with Gasteiger partial charge >= 0.3 is 0 Å². The maximum absolute atomic E-state index is 12.8. The van der Waals surface area contributed by atoms with Gasteiger partial charge in [-0.15, -0.1) is 0 Å². The predicted octanol–water partition coefficient (Wildman–Crippen LogP) is 3.13. The molecule has 4 rings (SSSR count). The SMILES string of the molecule is CN(C)C(=O)COc1ccc(NC(=O)C2CCN(c3oc(-c4ccco4)nc3C#N)CC2)cc1. The molecular formula is C24H25N5O5. The maximum Gasteiger partial charge on any atom is 0.266 e. The Hall–Kier alpha value is -4.26. The molecule has 0 spiro atoms. The minimum Gasteiger partial charge on any atom is -0.484 e.